The van der Waals surface area contributed by atoms with E-state index in [2.05, 4.69) is 5.32 Å². The number of benzene rings is 2. The van der Waals surface area contributed by atoms with Crippen molar-refractivity contribution < 1.29 is 24.6 Å². The molecule has 7 nitrogen and oxygen atoms in total. The third-order valence-corrected chi connectivity index (χ3v) is 6.17. The summed E-state index contributed by atoms with van der Waals surface area (Å²) < 4.78 is 0. The Morgan fingerprint density at radius 2 is 1.90 bits per heavy atom. The number of anilines is 1. The molecule has 150 valence electrons. The number of carbonyl (C=O) groups is 3. The van der Waals surface area contributed by atoms with Gasteiger partial charge in [0.2, 0.25) is 11.8 Å². The first-order chi connectivity index (χ1) is 13.8. The van der Waals surface area contributed by atoms with Crippen LogP contribution in [0, 0.1) is 11.8 Å². The number of carboxylic acids is 1. The van der Waals surface area contributed by atoms with Crippen LogP contribution in [0.1, 0.15) is 24.9 Å². The average molecular weight is 415 g/mol. The molecule has 2 saturated heterocycles. The zero-order chi connectivity index (χ0) is 20.9. The van der Waals surface area contributed by atoms with Crippen LogP contribution in [0.4, 0.5) is 5.69 Å². The van der Waals surface area contributed by atoms with Gasteiger partial charge < -0.3 is 10.2 Å². The Morgan fingerprint density at radius 3 is 2.52 bits per heavy atom. The molecule has 2 fully saturated rings. The van der Waals surface area contributed by atoms with Crippen LogP contribution >= 0.6 is 11.6 Å². The van der Waals surface area contributed by atoms with E-state index < -0.39 is 41.2 Å². The molecule has 0 aromatic heterocycles. The van der Waals surface area contributed by atoms with Crippen LogP contribution in [0.5, 0.6) is 5.75 Å². The number of nitrogens with zero attached hydrogens (tertiary/aromatic N) is 1. The summed E-state index contributed by atoms with van der Waals surface area (Å²) in [4.78, 5) is 40.0. The van der Waals surface area contributed by atoms with Crippen LogP contribution in [0.3, 0.4) is 0 Å². The van der Waals surface area contributed by atoms with Crippen LogP contribution in [0.15, 0.2) is 48.5 Å². The van der Waals surface area contributed by atoms with Gasteiger partial charge in [-0.3, -0.25) is 19.7 Å². The minimum atomic E-state index is -1.63. The topological polar surface area (TPSA) is 107 Å². The molecule has 2 amide bonds. The highest BCUT2D eigenvalue weighted by atomic mass is 35.5. The van der Waals surface area contributed by atoms with Gasteiger partial charge in [-0.25, -0.2) is 4.90 Å². The highest BCUT2D eigenvalue weighted by molar-refractivity contribution is 6.31. The van der Waals surface area contributed by atoms with E-state index in [0.29, 0.717) is 16.3 Å². The summed E-state index contributed by atoms with van der Waals surface area (Å²) in [6, 6.07) is 11.9. The van der Waals surface area contributed by atoms with Crippen molar-refractivity contribution in [2.24, 2.45) is 11.8 Å². The van der Waals surface area contributed by atoms with Crippen molar-refractivity contribution in [3.8, 4) is 5.75 Å². The SMILES string of the molecule is CC[C@]1(C(=O)O)N[C@H](c2ccccc2O)[C@@H]2C(=O)N(c3cccc(Cl)c3)C(=O)[C@H]21. The molecule has 0 bridgehead atoms. The van der Waals surface area contributed by atoms with Crippen molar-refractivity contribution in [3.05, 3.63) is 59.1 Å². The van der Waals surface area contributed by atoms with Gasteiger partial charge in [0.1, 0.15) is 11.3 Å². The van der Waals surface area contributed by atoms with Gasteiger partial charge in [-0.2, -0.15) is 0 Å². The first-order valence-corrected chi connectivity index (χ1v) is 9.62. The van der Waals surface area contributed by atoms with Crippen LogP contribution in [0.25, 0.3) is 0 Å². The quantitative estimate of drug-likeness (QED) is 0.664. The first kappa shape index (κ1) is 19.4. The van der Waals surface area contributed by atoms with Gasteiger partial charge in [-0.05, 0) is 30.7 Å². The number of rotatable bonds is 4. The molecule has 0 aliphatic carbocycles. The molecule has 3 N–H and O–H groups in total. The summed E-state index contributed by atoms with van der Waals surface area (Å²) >= 11 is 6.03. The van der Waals surface area contributed by atoms with E-state index in [4.69, 9.17) is 11.6 Å². The Hall–Kier alpha value is -2.90. The second-order valence-electron chi connectivity index (χ2n) is 7.31. The molecule has 2 heterocycles. The number of halogens is 1. The molecular formula is C21H19ClN2O5. The summed E-state index contributed by atoms with van der Waals surface area (Å²) in [6.45, 7) is 1.66. The van der Waals surface area contributed by atoms with Crippen molar-refractivity contribution >= 4 is 35.1 Å². The van der Waals surface area contributed by atoms with E-state index in [0.717, 1.165) is 4.90 Å². The summed E-state index contributed by atoms with van der Waals surface area (Å²) in [6.07, 6.45) is 0.0933. The van der Waals surface area contributed by atoms with Gasteiger partial charge in [-0.1, -0.05) is 42.8 Å². The number of imide groups is 1. The Bertz CT molecular complexity index is 1030. The Balaban J connectivity index is 1.88. The maximum atomic E-state index is 13.4. The molecule has 0 radical (unpaired) electrons. The maximum absolute atomic E-state index is 13.4. The minimum Gasteiger partial charge on any atom is -0.508 e. The third kappa shape index (κ3) is 2.73. The number of para-hydroxylation sites is 1. The van der Waals surface area contributed by atoms with Crippen LogP contribution in [-0.2, 0) is 14.4 Å². The van der Waals surface area contributed by atoms with Crippen molar-refractivity contribution in [2.75, 3.05) is 4.90 Å². The molecule has 2 aromatic rings. The van der Waals surface area contributed by atoms with E-state index in [1.54, 1.807) is 43.3 Å². The van der Waals surface area contributed by atoms with Crippen LogP contribution in [0.2, 0.25) is 5.02 Å². The van der Waals surface area contributed by atoms with E-state index in [9.17, 15) is 24.6 Å². The number of phenolic OH excluding ortho intramolecular Hbond substituents is 1. The molecule has 4 rings (SSSR count). The average Bonchev–Trinajstić information content (AvgIpc) is 3.17. The number of carbonyl (C=O) groups excluding carboxylic acids is 2. The maximum Gasteiger partial charge on any atom is 0.324 e. The van der Waals surface area contributed by atoms with Gasteiger partial charge >= 0.3 is 5.97 Å². The Morgan fingerprint density at radius 1 is 1.17 bits per heavy atom. The summed E-state index contributed by atoms with van der Waals surface area (Å²) in [5.41, 5.74) is -0.945. The molecule has 2 aliphatic rings. The fraction of sp³-hybridized carbons (Fsp3) is 0.286. The lowest BCUT2D eigenvalue weighted by molar-refractivity contribution is -0.149. The van der Waals surface area contributed by atoms with Gasteiger partial charge in [-0.15, -0.1) is 0 Å². The molecule has 8 heteroatoms. The molecule has 4 atom stereocenters. The number of amides is 2. The number of nitrogens with one attached hydrogen (secondary N) is 1. The van der Waals surface area contributed by atoms with Gasteiger partial charge in [0, 0.05) is 16.6 Å². The lowest BCUT2D eigenvalue weighted by atomic mass is 9.78. The third-order valence-electron chi connectivity index (χ3n) is 5.93. The largest absolute Gasteiger partial charge is 0.508 e. The summed E-state index contributed by atoms with van der Waals surface area (Å²) in [5, 5.41) is 23.7. The molecule has 2 aliphatic heterocycles. The fourth-order valence-electron chi connectivity index (χ4n) is 4.56. The number of hydrogen-bond donors (Lipinski definition) is 3. The predicted molar refractivity (Wildman–Crippen MR) is 106 cm³/mol. The number of fused-ring (bicyclic) bond motifs is 1. The number of aliphatic carboxylic acids is 1. The van der Waals surface area contributed by atoms with E-state index in [-0.39, 0.29) is 12.2 Å². The summed E-state index contributed by atoms with van der Waals surface area (Å²) in [5.74, 6) is -4.45. The van der Waals surface area contributed by atoms with Crippen molar-refractivity contribution in [1.82, 2.24) is 5.32 Å². The molecule has 2 aromatic carbocycles. The molecule has 0 spiro atoms. The first-order valence-electron chi connectivity index (χ1n) is 9.24. The number of carboxylic acid groups (broad SMARTS) is 1. The second kappa shape index (κ2) is 6.86. The highest BCUT2D eigenvalue weighted by Crippen LogP contribution is 2.52. The normalized spacial score (nSPS) is 28.6. The zero-order valence-electron chi connectivity index (χ0n) is 15.5. The van der Waals surface area contributed by atoms with Crippen molar-refractivity contribution in [3.63, 3.8) is 0 Å². The van der Waals surface area contributed by atoms with Crippen LogP contribution in [-0.4, -0.2) is 33.5 Å². The summed E-state index contributed by atoms with van der Waals surface area (Å²) in [7, 11) is 0. The lowest BCUT2D eigenvalue weighted by Crippen LogP contribution is -2.55. The Labute approximate surface area is 171 Å². The van der Waals surface area contributed by atoms with Gasteiger partial charge in [0.15, 0.2) is 0 Å². The smallest absolute Gasteiger partial charge is 0.324 e. The molecule has 29 heavy (non-hydrogen) atoms. The number of hydrogen-bond acceptors (Lipinski definition) is 5. The van der Waals surface area contributed by atoms with Gasteiger partial charge in [0.25, 0.3) is 0 Å². The second-order valence-corrected chi connectivity index (χ2v) is 7.74. The monoisotopic (exact) mass is 414 g/mol. The Kier molecular flexibility index (Phi) is 4.59. The fourth-order valence-corrected chi connectivity index (χ4v) is 4.75. The molecular weight excluding hydrogens is 396 g/mol. The number of aromatic hydroxyl groups is 1. The molecule has 0 saturated carbocycles. The van der Waals surface area contributed by atoms with Crippen molar-refractivity contribution in [1.29, 1.82) is 0 Å². The van der Waals surface area contributed by atoms with E-state index in [1.807, 2.05) is 0 Å². The lowest BCUT2D eigenvalue weighted by Gasteiger charge is -2.30. The highest BCUT2D eigenvalue weighted by Gasteiger charge is 2.68. The van der Waals surface area contributed by atoms with E-state index >= 15 is 0 Å². The number of phenols is 1. The minimum absolute atomic E-state index is 0.0671. The standard InChI is InChI=1S/C21H19ClN2O5/c1-2-21(20(28)29)16-15(17(23-21)13-8-3-4-9-14(13)25)18(26)24(19(16)27)12-7-5-6-11(22)10-12/h3-10,15-17,23,25H,2H2,1H3,(H,28,29)/t15-,16+,17-,21+/m1/s1. The predicted octanol–water partition coefficient (Wildman–Crippen LogP) is 2.73. The zero-order valence-corrected chi connectivity index (χ0v) is 16.3. The van der Waals surface area contributed by atoms with Crippen LogP contribution < -0.4 is 10.2 Å². The van der Waals surface area contributed by atoms with Gasteiger partial charge in [0.05, 0.1) is 17.5 Å². The van der Waals surface area contributed by atoms with E-state index in [1.165, 1.54) is 12.1 Å². The molecule has 0 unspecified atom stereocenters. The van der Waals surface area contributed by atoms with Crippen molar-refractivity contribution in [2.45, 2.75) is 24.9 Å².